The van der Waals surface area contributed by atoms with Crippen LogP contribution in [0.2, 0.25) is 0 Å². The SMILES string of the molecule is CC(C)(CNc1nc(-c2cn[nH]c2)ns1)c1ccc(F)cc1. The second-order valence-electron chi connectivity index (χ2n) is 5.65. The van der Waals surface area contributed by atoms with Gasteiger partial charge in [-0.3, -0.25) is 5.10 Å². The molecule has 5 nitrogen and oxygen atoms in total. The Kier molecular flexibility index (Phi) is 3.89. The molecule has 1 aromatic carbocycles. The maximum Gasteiger partial charge on any atom is 0.202 e. The molecule has 0 atom stereocenters. The summed E-state index contributed by atoms with van der Waals surface area (Å²) in [6, 6.07) is 6.60. The Morgan fingerprint density at radius 2 is 2.05 bits per heavy atom. The van der Waals surface area contributed by atoms with Gasteiger partial charge in [0.15, 0.2) is 5.82 Å². The molecule has 0 unspecified atom stereocenters. The molecule has 114 valence electrons. The van der Waals surface area contributed by atoms with E-state index in [0.29, 0.717) is 12.4 Å². The Hall–Kier alpha value is -2.28. The number of aromatic amines is 1. The molecule has 0 saturated heterocycles. The van der Waals surface area contributed by atoms with Crippen LogP contribution in [-0.4, -0.2) is 26.1 Å². The summed E-state index contributed by atoms with van der Waals surface area (Å²) in [6.45, 7) is 4.88. The number of hydrogen-bond acceptors (Lipinski definition) is 5. The minimum absolute atomic E-state index is 0.144. The molecule has 0 spiro atoms. The lowest BCUT2D eigenvalue weighted by atomic mass is 9.85. The first-order chi connectivity index (χ1) is 10.5. The number of aromatic nitrogens is 4. The first-order valence-corrected chi connectivity index (χ1v) is 7.65. The molecule has 7 heteroatoms. The highest BCUT2D eigenvalue weighted by Gasteiger charge is 2.21. The fourth-order valence-corrected chi connectivity index (χ4v) is 2.67. The van der Waals surface area contributed by atoms with Gasteiger partial charge in [-0.25, -0.2) is 4.39 Å². The van der Waals surface area contributed by atoms with Crippen LogP contribution in [0.4, 0.5) is 9.52 Å². The van der Waals surface area contributed by atoms with E-state index in [2.05, 4.69) is 38.7 Å². The number of halogens is 1. The van der Waals surface area contributed by atoms with E-state index in [-0.39, 0.29) is 11.2 Å². The van der Waals surface area contributed by atoms with Crippen molar-refractivity contribution in [3.05, 3.63) is 48.0 Å². The van der Waals surface area contributed by atoms with Gasteiger partial charge in [-0.15, -0.1) is 0 Å². The van der Waals surface area contributed by atoms with Crippen LogP contribution in [0.15, 0.2) is 36.7 Å². The van der Waals surface area contributed by atoms with Crippen molar-refractivity contribution in [3.8, 4) is 11.4 Å². The Balaban J connectivity index is 1.68. The normalized spacial score (nSPS) is 11.6. The van der Waals surface area contributed by atoms with Gasteiger partial charge >= 0.3 is 0 Å². The van der Waals surface area contributed by atoms with Gasteiger partial charge in [-0.05, 0) is 17.7 Å². The van der Waals surface area contributed by atoms with Gasteiger partial charge < -0.3 is 5.32 Å². The molecule has 0 aliphatic heterocycles. The fourth-order valence-electron chi connectivity index (χ4n) is 2.09. The Morgan fingerprint density at radius 1 is 1.27 bits per heavy atom. The largest absolute Gasteiger partial charge is 0.359 e. The summed E-state index contributed by atoms with van der Waals surface area (Å²) >= 11 is 1.31. The predicted octanol–water partition coefficient (Wildman–Crippen LogP) is 3.46. The maximum atomic E-state index is 13.0. The lowest BCUT2D eigenvalue weighted by molar-refractivity contribution is 0.553. The Labute approximate surface area is 131 Å². The lowest BCUT2D eigenvalue weighted by Crippen LogP contribution is -2.27. The van der Waals surface area contributed by atoms with E-state index in [4.69, 9.17) is 0 Å². The van der Waals surface area contributed by atoms with Crippen LogP contribution in [0, 0.1) is 5.82 Å². The summed E-state index contributed by atoms with van der Waals surface area (Å²) in [6.07, 6.45) is 3.45. The molecule has 0 saturated carbocycles. The first kappa shape index (κ1) is 14.6. The van der Waals surface area contributed by atoms with Crippen molar-refractivity contribution in [2.24, 2.45) is 0 Å². The summed E-state index contributed by atoms with van der Waals surface area (Å²) in [7, 11) is 0. The van der Waals surface area contributed by atoms with Crippen molar-refractivity contribution < 1.29 is 4.39 Å². The summed E-state index contributed by atoms with van der Waals surface area (Å²) < 4.78 is 17.3. The first-order valence-electron chi connectivity index (χ1n) is 6.87. The number of nitrogens with one attached hydrogen (secondary N) is 2. The average Bonchev–Trinajstić information content (AvgIpc) is 3.17. The minimum atomic E-state index is -0.221. The van der Waals surface area contributed by atoms with Gasteiger partial charge in [0.05, 0.1) is 11.8 Å². The van der Waals surface area contributed by atoms with Crippen LogP contribution in [0.5, 0.6) is 0 Å². The van der Waals surface area contributed by atoms with Gasteiger partial charge in [-0.1, -0.05) is 26.0 Å². The molecule has 0 aliphatic carbocycles. The van der Waals surface area contributed by atoms with E-state index < -0.39 is 0 Å². The molecule has 3 aromatic rings. The molecule has 2 N–H and O–H groups in total. The second kappa shape index (κ2) is 5.84. The smallest absolute Gasteiger partial charge is 0.202 e. The molecule has 0 bridgehead atoms. The molecule has 0 amide bonds. The van der Waals surface area contributed by atoms with Crippen LogP contribution < -0.4 is 5.32 Å². The Morgan fingerprint density at radius 3 is 2.73 bits per heavy atom. The molecule has 2 aromatic heterocycles. The third-order valence-corrected chi connectivity index (χ3v) is 4.16. The van der Waals surface area contributed by atoms with Gasteiger partial charge in [0, 0.05) is 29.7 Å². The third-order valence-electron chi connectivity index (χ3n) is 3.49. The molecule has 0 fully saturated rings. The van der Waals surface area contributed by atoms with Gasteiger partial charge in [-0.2, -0.15) is 14.5 Å². The molecular formula is C15H16FN5S. The third kappa shape index (κ3) is 3.14. The van der Waals surface area contributed by atoms with Crippen LogP contribution in [-0.2, 0) is 5.41 Å². The molecular weight excluding hydrogens is 301 g/mol. The molecule has 3 rings (SSSR count). The number of anilines is 1. The zero-order chi connectivity index (χ0) is 15.6. The zero-order valence-electron chi connectivity index (χ0n) is 12.3. The van der Waals surface area contributed by atoms with E-state index in [0.717, 1.165) is 16.3 Å². The summed E-state index contributed by atoms with van der Waals surface area (Å²) in [5, 5.41) is 10.7. The fraction of sp³-hybridized carbons (Fsp3) is 0.267. The van der Waals surface area contributed by atoms with Crippen molar-refractivity contribution in [2.75, 3.05) is 11.9 Å². The monoisotopic (exact) mass is 317 g/mol. The van der Waals surface area contributed by atoms with Gasteiger partial charge in [0.2, 0.25) is 5.13 Å². The molecule has 0 aliphatic rings. The van der Waals surface area contributed by atoms with E-state index in [9.17, 15) is 4.39 Å². The van der Waals surface area contributed by atoms with Crippen molar-refractivity contribution in [2.45, 2.75) is 19.3 Å². The van der Waals surface area contributed by atoms with E-state index >= 15 is 0 Å². The standard InChI is InChI=1S/C15H16FN5S/c1-15(2,11-3-5-12(16)6-4-11)9-17-14-20-13(21-22-14)10-7-18-19-8-10/h3-8H,9H2,1-2H3,(H,18,19)(H,17,20,21). The van der Waals surface area contributed by atoms with Crippen molar-refractivity contribution in [1.29, 1.82) is 0 Å². The predicted molar refractivity (Wildman–Crippen MR) is 85.4 cm³/mol. The molecule has 0 radical (unpaired) electrons. The molecule has 2 heterocycles. The maximum absolute atomic E-state index is 13.0. The highest BCUT2D eigenvalue weighted by Crippen LogP contribution is 2.25. The lowest BCUT2D eigenvalue weighted by Gasteiger charge is -2.25. The van der Waals surface area contributed by atoms with E-state index in [1.807, 2.05) is 12.1 Å². The van der Waals surface area contributed by atoms with Crippen molar-refractivity contribution in [3.63, 3.8) is 0 Å². The van der Waals surface area contributed by atoms with Crippen molar-refractivity contribution in [1.82, 2.24) is 19.6 Å². The number of nitrogens with zero attached hydrogens (tertiary/aromatic N) is 3. The summed E-state index contributed by atoms with van der Waals surface area (Å²) in [5.74, 6) is 0.433. The highest BCUT2D eigenvalue weighted by molar-refractivity contribution is 7.09. The van der Waals surface area contributed by atoms with E-state index in [1.165, 1.54) is 23.7 Å². The van der Waals surface area contributed by atoms with Crippen LogP contribution >= 0.6 is 11.5 Å². The number of H-pyrrole nitrogens is 1. The number of hydrogen-bond donors (Lipinski definition) is 2. The van der Waals surface area contributed by atoms with Crippen LogP contribution in [0.1, 0.15) is 19.4 Å². The molecule has 22 heavy (non-hydrogen) atoms. The average molecular weight is 317 g/mol. The topological polar surface area (TPSA) is 66.5 Å². The van der Waals surface area contributed by atoms with Crippen LogP contribution in [0.25, 0.3) is 11.4 Å². The van der Waals surface area contributed by atoms with Gasteiger partial charge in [0.25, 0.3) is 0 Å². The second-order valence-corrected chi connectivity index (χ2v) is 6.41. The zero-order valence-corrected chi connectivity index (χ0v) is 13.1. The Bertz CT molecular complexity index is 734. The summed E-state index contributed by atoms with van der Waals surface area (Å²) in [4.78, 5) is 4.44. The minimum Gasteiger partial charge on any atom is -0.359 e. The summed E-state index contributed by atoms with van der Waals surface area (Å²) in [5.41, 5.74) is 1.79. The van der Waals surface area contributed by atoms with E-state index in [1.54, 1.807) is 12.4 Å². The van der Waals surface area contributed by atoms with Crippen LogP contribution in [0.3, 0.4) is 0 Å². The highest BCUT2D eigenvalue weighted by atomic mass is 32.1. The van der Waals surface area contributed by atoms with Gasteiger partial charge in [0.1, 0.15) is 5.82 Å². The van der Waals surface area contributed by atoms with Crippen molar-refractivity contribution >= 4 is 16.7 Å². The number of benzene rings is 1. The quantitative estimate of drug-likeness (QED) is 0.756. The number of rotatable bonds is 5.